The minimum Gasteiger partial charge on any atom is -0.486 e. The molecule has 0 atom stereocenters. The number of amides is 3. The zero-order chi connectivity index (χ0) is 21.6. The molecule has 0 spiro atoms. The van der Waals surface area contributed by atoms with Gasteiger partial charge in [-0.25, -0.2) is 9.78 Å². The first-order valence-corrected chi connectivity index (χ1v) is 10.6. The summed E-state index contributed by atoms with van der Waals surface area (Å²) in [6.45, 7) is 5.08. The molecule has 4 rings (SSSR count). The van der Waals surface area contributed by atoms with Gasteiger partial charge in [0.05, 0.1) is 11.0 Å². The Morgan fingerprint density at radius 3 is 2.39 bits per heavy atom. The maximum atomic E-state index is 13.1. The van der Waals surface area contributed by atoms with E-state index in [4.69, 9.17) is 4.74 Å². The Morgan fingerprint density at radius 1 is 0.968 bits per heavy atom. The van der Waals surface area contributed by atoms with Crippen LogP contribution in [-0.2, 0) is 17.9 Å². The van der Waals surface area contributed by atoms with E-state index in [1.54, 1.807) is 4.90 Å². The topological polar surface area (TPSA) is 79.7 Å². The van der Waals surface area contributed by atoms with Crippen LogP contribution in [0.15, 0.2) is 54.6 Å². The summed E-state index contributed by atoms with van der Waals surface area (Å²) in [5.41, 5.74) is 1.74. The van der Waals surface area contributed by atoms with E-state index in [2.05, 4.69) is 10.3 Å². The quantitative estimate of drug-likeness (QED) is 0.663. The van der Waals surface area contributed by atoms with E-state index in [1.165, 1.54) is 0 Å². The van der Waals surface area contributed by atoms with Gasteiger partial charge in [-0.3, -0.25) is 4.79 Å². The van der Waals surface area contributed by atoms with E-state index < -0.39 is 0 Å². The van der Waals surface area contributed by atoms with Gasteiger partial charge in [0.25, 0.3) is 0 Å². The Labute approximate surface area is 181 Å². The molecule has 0 bridgehead atoms. The van der Waals surface area contributed by atoms with Gasteiger partial charge >= 0.3 is 6.03 Å². The molecule has 0 unspecified atom stereocenters. The maximum absolute atomic E-state index is 13.1. The highest BCUT2D eigenvalue weighted by molar-refractivity contribution is 5.81. The predicted octanol–water partition coefficient (Wildman–Crippen LogP) is 2.49. The third kappa shape index (κ3) is 4.79. The largest absolute Gasteiger partial charge is 0.486 e. The van der Waals surface area contributed by atoms with E-state index in [0.717, 1.165) is 16.8 Å². The molecule has 1 saturated heterocycles. The normalized spacial score (nSPS) is 14.0. The second kappa shape index (κ2) is 9.51. The number of hydrogen-bond acceptors (Lipinski definition) is 4. The van der Waals surface area contributed by atoms with Crippen LogP contribution in [0.3, 0.4) is 0 Å². The monoisotopic (exact) mass is 421 g/mol. The number of ether oxygens (including phenoxy) is 1. The van der Waals surface area contributed by atoms with Gasteiger partial charge in [0.15, 0.2) is 0 Å². The number of urea groups is 1. The van der Waals surface area contributed by atoms with Crippen LogP contribution < -0.4 is 10.1 Å². The second-order valence-electron chi connectivity index (χ2n) is 7.41. The van der Waals surface area contributed by atoms with Gasteiger partial charge in [0, 0.05) is 32.7 Å². The molecular weight excluding hydrogens is 394 g/mol. The molecule has 3 aromatic rings. The Bertz CT molecular complexity index is 1040. The SMILES string of the molecule is CCNC(=O)N1CCN(C(=O)Cn2c(COc3ccccc3)nc3ccccc32)CC1. The van der Waals surface area contributed by atoms with E-state index in [0.29, 0.717) is 38.5 Å². The number of hydrogen-bond donors (Lipinski definition) is 1. The van der Waals surface area contributed by atoms with E-state index in [9.17, 15) is 9.59 Å². The van der Waals surface area contributed by atoms with Crippen molar-refractivity contribution < 1.29 is 14.3 Å². The Balaban J connectivity index is 1.46. The van der Waals surface area contributed by atoms with Gasteiger partial charge in [-0.05, 0) is 31.2 Å². The molecule has 0 aliphatic carbocycles. The number of carbonyl (C=O) groups excluding carboxylic acids is 2. The van der Waals surface area contributed by atoms with Gasteiger partial charge in [0.1, 0.15) is 24.7 Å². The molecule has 3 amide bonds. The van der Waals surface area contributed by atoms with Crippen LogP contribution in [0.1, 0.15) is 12.7 Å². The van der Waals surface area contributed by atoms with Crippen molar-refractivity contribution in [3.8, 4) is 5.75 Å². The number of para-hydroxylation sites is 3. The van der Waals surface area contributed by atoms with Crippen molar-refractivity contribution in [2.75, 3.05) is 32.7 Å². The number of carbonyl (C=O) groups is 2. The van der Waals surface area contributed by atoms with Crippen LogP contribution >= 0.6 is 0 Å². The third-order valence-corrected chi connectivity index (χ3v) is 5.39. The summed E-state index contributed by atoms with van der Waals surface area (Å²) in [4.78, 5) is 33.3. The van der Waals surface area contributed by atoms with Crippen LogP contribution in [0.25, 0.3) is 11.0 Å². The van der Waals surface area contributed by atoms with E-state index >= 15 is 0 Å². The number of rotatable bonds is 6. The lowest BCUT2D eigenvalue weighted by molar-refractivity contribution is -0.133. The molecule has 8 heteroatoms. The summed E-state index contributed by atoms with van der Waals surface area (Å²) in [5, 5.41) is 2.81. The summed E-state index contributed by atoms with van der Waals surface area (Å²) < 4.78 is 7.82. The molecule has 162 valence electrons. The standard InChI is InChI=1S/C23H27N5O3/c1-2-24-23(30)27-14-12-26(13-15-27)22(29)16-28-20-11-7-6-10-19(20)25-21(28)17-31-18-8-4-3-5-9-18/h3-11H,2,12-17H2,1H3,(H,24,30). The molecule has 1 aliphatic rings. The fourth-order valence-corrected chi connectivity index (χ4v) is 3.73. The number of aromatic nitrogens is 2. The van der Waals surface area contributed by atoms with Crippen LogP contribution in [0.5, 0.6) is 5.75 Å². The summed E-state index contributed by atoms with van der Waals surface area (Å²) in [5.74, 6) is 1.48. The van der Waals surface area contributed by atoms with Crippen molar-refractivity contribution in [2.24, 2.45) is 0 Å². The molecule has 2 heterocycles. The van der Waals surface area contributed by atoms with Crippen LogP contribution in [-0.4, -0.2) is 64.0 Å². The number of imidazole rings is 1. The van der Waals surface area contributed by atoms with E-state index in [-0.39, 0.29) is 25.1 Å². The number of fused-ring (bicyclic) bond motifs is 1. The summed E-state index contributed by atoms with van der Waals surface area (Å²) in [6, 6.07) is 17.3. The van der Waals surface area contributed by atoms with Gasteiger partial charge in [-0.15, -0.1) is 0 Å². The zero-order valence-electron chi connectivity index (χ0n) is 17.7. The Hall–Kier alpha value is -3.55. The summed E-state index contributed by atoms with van der Waals surface area (Å²) >= 11 is 0. The fourth-order valence-electron chi connectivity index (χ4n) is 3.73. The molecule has 1 aliphatic heterocycles. The van der Waals surface area contributed by atoms with Gasteiger partial charge in [0.2, 0.25) is 5.91 Å². The number of nitrogens with one attached hydrogen (secondary N) is 1. The molecule has 2 aromatic carbocycles. The Morgan fingerprint density at radius 2 is 1.65 bits per heavy atom. The van der Waals surface area contributed by atoms with Crippen molar-refractivity contribution in [1.82, 2.24) is 24.7 Å². The zero-order valence-corrected chi connectivity index (χ0v) is 17.7. The first kappa shape index (κ1) is 20.7. The highest BCUT2D eigenvalue weighted by atomic mass is 16.5. The molecule has 31 heavy (non-hydrogen) atoms. The molecule has 1 fully saturated rings. The van der Waals surface area contributed by atoms with Crippen LogP contribution in [0, 0.1) is 0 Å². The smallest absolute Gasteiger partial charge is 0.317 e. The fraction of sp³-hybridized carbons (Fsp3) is 0.348. The summed E-state index contributed by atoms with van der Waals surface area (Å²) in [6.07, 6.45) is 0. The highest BCUT2D eigenvalue weighted by Crippen LogP contribution is 2.19. The second-order valence-corrected chi connectivity index (χ2v) is 7.41. The first-order chi connectivity index (χ1) is 15.2. The first-order valence-electron chi connectivity index (χ1n) is 10.6. The molecule has 0 saturated carbocycles. The van der Waals surface area contributed by atoms with E-state index in [1.807, 2.05) is 71.0 Å². The summed E-state index contributed by atoms with van der Waals surface area (Å²) in [7, 11) is 0. The van der Waals surface area contributed by atoms with Gasteiger partial charge < -0.3 is 24.4 Å². The molecule has 1 aromatic heterocycles. The third-order valence-electron chi connectivity index (χ3n) is 5.39. The van der Waals surface area contributed by atoms with Crippen molar-refractivity contribution in [2.45, 2.75) is 20.1 Å². The van der Waals surface area contributed by atoms with Crippen LogP contribution in [0.4, 0.5) is 4.79 Å². The number of piperazine rings is 1. The molecule has 0 radical (unpaired) electrons. The highest BCUT2D eigenvalue weighted by Gasteiger charge is 2.25. The number of nitrogens with zero attached hydrogens (tertiary/aromatic N) is 4. The predicted molar refractivity (Wildman–Crippen MR) is 118 cm³/mol. The Kier molecular flexibility index (Phi) is 6.35. The lowest BCUT2D eigenvalue weighted by Crippen LogP contribution is -2.53. The minimum atomic E-state index is -0.0736. The molecule has 1 N–H and O–H groups in total. The van der Waals surface area contributed by atoms with Gasteiger partial charge in [-0.1, -0.05) is 30.3 Å². The lowest BCUT2D eigenvalue weighted by Gasteiger charge is -2.34. The lowest BCUT2D eigenvalue weighted by atomic mass is 10.3. The average molecular weight is 422 g/mol. The van der Waals surface area contributed by atoms with Crippen molar-refractivity contribution >= 4 is 23.0 Å². The van der Waals surface area contributed by atoms with Crippen LogP contribution in [0.2, 0.25) is 0 Å². The van der Waals surface area contributed by atoms with Gasteiger partial charge in [-0.2, -0.15) is 0 Å². The van der Waals surface area contributed by atoms with Crippen molar-refractivity contribution in [1.29, 1.82) is 0 Å². The molecule has 8 nitrogen and oxygen atoms in total. The average Bonchev–Trinajstić information content (AvgIpc) is 3.16. The number of benzene rings is 2. The minimum absolute atomic E-state index is 0.0136. The molecular formula is C23H27N5O3. The van der Waals surface area contributed by atoms with Crippen molar-refractivity contribution in [3.63, 3.8) is 0 Å². The van der Waals surface area contributed by atoms with Crippen molar-refractivity contribution in [3.05, 3.63) is 60.4 Å². The maximum Gasteiger partial charge on any atom is 0.317 e.